The highest BCUT2D eigenvalue weighted by Gasteiger charge is 2.40. The van der Waals surface area contributed by atoms with Crippen LogP contribution in [0.3, 0.4) is 0 Å². The molecule has 3 aromatic carbocycles. The first-order chi connectivity index (χ1) is 12.7. The predicted molar refractivity (Wildman–Crippen MR) is 100 cm³/mol. The van der Waals surface area contributed by atoms with E-state index < -0.39 is 0 Å². The van der Waals surface area contributed by atoms with Crippen molar-refractivity contribution >= 4 is 11.6 Å². The van der Waals surface area contributed by atoms with Crippen LogP contribution in [0.25, 0.3) is 0 Å². The fraction of sp³-hybridized carbons (Fsp3) is 0.136. The van der Waals surface area contributed by atoms with Crippen molar-refractivity contribution in [2.75, 3.05) is 12.1 Å². The molecule has 1 amide bonds. The molecule has 0 fully saturated rings. The lowest BCUT2D eigenvalue weighted by Gasteiger charge is -2.29. The van der Waals surface area contributed by atoms with Gasteiger partial charge in [-0.1, -0.05) is 66.7 Å². The first-order valence-electron chi connectivity index (χ1n) is 8.59. The van der Waals surface area contributed by atoms with Gasteiger partial charge in [-0.2, -0.15) is 0 Å². The molecular weight excluding hydrogens is 327 g/mol. The van der Waals surface area contributed by atoms with Gasteiger partial charge in [-0.3, -0.25) is 4.79 Å². The van der Waals surface area contributed by atoms with Gasteiger partial charge in [0.1, 0.15) is 5.82 Å². The number of hydrogen-bond donors (Lipinski definition) is 0. The summed E-state index contributed by atoms with van der Waals surface area (Å²) in [6.07, 6.45) is 0. The molecule has 130 valence electrons. The van der Waals surface area contributed by atoms with E-state index in [4.69, 9.17) is 0 Å². The molecule has 0 N–H and O–H groups in total. The van der Waals surface area contributed by atoms with E-state index in [-0.39, 0.29) is 17.6 Å². The molecule has 0 unspecified atom stereocenters. The number of carbonyl (C=O) groups is 1. The van der Waals surface area contributed by atoms with Crippen molar-refractivity contribution in [2.24, 2.45) is 0 Å². The lowest BCUT2D eigenvalue weighted by Crippen LogP contribution is -2.42. The van der Waals surface area contributed by atoms with Crippen LogP contribution in [0, 0.1) is 5.82 Å². The summed E-state index contributed by atoms with van der Waals surface area (Å²) in [7, 11) is 1.81. The molecule has 0 saturated heterocycles. The third-order valence-corrected chi connectivity index (χ3v) is 4.76. The molecule has 4 heteroatoms. The molecule has 0 radical (unpaired) electrons. The Morgan fingerprint density at radius 1 is 0.923 bits per heavy atom. The van der Waals surface area contributed by atoms with E-state index in [1.54, 1.807) is 28.2 Å². The maximum Gasteiger partial charge on any atom is 0.253 e. The van der Waals surface area contributed by atoms with Crippen LogP contribution in [0.15, 0.2) is 78.9 Å². The van der Waals surface area contributed by atoms with Gasteiger partial charge in [-0.25, -0.2) is 14.4 Å². The van der Waals surface area contributed by atoms with Crippen LogP contribution >= 0.6 is 0 Å². The summed E-state index contributed by atoms with van der Waals surface area (Å²) < 4.78 is 14.0. The summed E-state index contributed by atoms with van der Waals surface area (Å²) in [5.41, 5.74) is 3.35. The van der Waals surface area contributed by atoms with Crippen molar-refractivity contribution in [1.82, 2.24) is 5.01 Å². The highest BCUT2D eigenvalue weighted by Crippen LogP contribution is 2.41. The molecule has 0 saturated carbocycles. The van der Waals surface area contributed by atoms with Crippen molar-refractivity contribution in [3.63, 3.8) is 0 Å². The van der Waals surface area contributed by atoms with Gasteiger partial charge < -0.3 is 0 Å². The third kappa shape index (κ3) is 2.78. The molecule has 0 bridgehead atoms. The number of para-hydroxylation sites is 1. The monoisotopic (exact) mass is 346 g/mol. The van der Waals surface area contributed by atoms with Gasteiger partial charge in [0, 0.05) is 19.2 Å². The highest BCUT2D eigenvalue weighted by molar-refractivity contribution is 6.06. The summed E-state index contributed by atoms with van der Waals surface area (Å²) >= 11 is 0. The molecule has 1 atom stereocenters. The molecule has 1 aliphatic heterocycles. The van der Waals surface area contributed by atoms with Crippen molar-refractivity contribution in [3.05, 3.63) is 101 Å². The average molecular weight is 346 g/mol. The number of carbonyl (C=O) groups excluding carboxylic acids is 1. The summed E-state index contributed by atoms with van der Waals surface area (Å²) in [4.78, 5) is 13.3. The number of anilines is 1. The van der Waals surface area contributed by atoms with Crippen molar-refractivity contribution in [1.29, 1.82) is 0 Å². The largest absolute Gasteiger partial charge is 0.272 e. The fourth-order valence-electron chi connectivity index (χ4n) is 3.56. The average Bonchev–Trinajstić information content (AvgIpc) is 2.96. The van der Waals surface area contributed by atoms with Gasteiger partial charge >= 0.3 is 0 Å². The van der Waals surface area contributed by atoms with Gasteiger partial charge in [0.05, 0.1) is 11.6 Å². The van der Waals surface area contributed by atoms with Crippen molar-refractivity contribution < 1.29 is 9.18 Å². The van der Waals surface area contributed by atoms with Crippen LogP contribution < -0.4 is 5.01 Å². The fourth-order valence-corrected chi connectivity index (χ4v) is 3.56. The molecule has 26 heavy (non-hydrogen) atoms. The Kier molecular flexibility index (Phi) is 4.27. The van der Waals surface area contributed by atoms with Crippen LogP contribution in [0.5, 0.6) is 0 Å². The lowest BCUT2D eigenvalue weighted by atomic mass is 9.93. The standard InChI is InChI=1S/C22H19FN2O/c1-24(15-17-11-5-7-13-19(17)23)25-20-14-8-6-12-18(20)21(22(25)26)16-9-3-2-4-10-16/h2-14,21H,15H2,1H3/t21-/m1/s1. The second-order valence-electron chi connectivity index (χ2n) is 6.46. The maximum atomic E-state index is 14.0. The van der Waals surface area contributed by atoms with E-state index in [1.165, 1.54) is 6.07 Å². The van der Waals surface area contributed by atoms with Gasteiger partial charge in [0.15, 0.2) is 0 Å². The van der Waals surface area contributed by atoms with E-state index >= 15 is 0 Å². The number of halogens is 1. The number of rotatable bonds is 4. The number of hydrazine groups is 1. The second kappa shape index (κ2) is 6.73. The first-order valence-corrected chi connectivity index (χ1v) is 8.59. The van der Waals surface area contributed by atoms with Crippen molar-refractivity contribution in [3.8, 4) is 0 Å². The smallest absolute Gasteiger partial charge is 0.253 e. The van der Waals surface area contributed by atoms with E-state index in [1.807, 2.05) is 61.6 Å². The SMILES string of the molecule is CN(Cc1ccccc1F)N1C(=O)[C@H](c2ccccc2)c2ccccc21. The van der Waals surface area contributed by atoms with Crippen molar-refractivity contribution in [2.45, 2.75) is 12.5 Å². The van der Waals surface area contributed by atoms with E-state index in [0.29, 0.717) is 12.1 Å². The molecule has 4 rings (SSSR count). The first kappa shape index (κ1) is 16.5. The number of fused-ring (bicyclic) bond motifs is 1. The van der Waals surface area contributed by atoms with Crippen LogP contribution in [-0.4, -0.2) is 18.0 Å². The lowest BCUT2D eigenvalue weighted by molar-refractivity contribution is -0.121. The Hall–Kier alpha value is -2.98. The molecule has 0 aliphatic carbocycles. The van der Waals surface area contributed by atoms with Crippen LogP contribution in [0.1, 0.15) is 22.6 Å². The second-order valence-corrected chi connectivity index (χ2v) is 6.46. The van der Waals surface area contributed by atoms with E-state index in [2.05, 4.69) is 0 Å². The molecule has 0 aromatic heterocycles. The minimum atomic E-state index is -0.338. The molecule has 0 spiro atoms. The Balaban J connectivity index is 1.71. The number of amides is 1. The van der Waals surface area contributed by atoms with Crippen LogP contribution in [0.4, 0.5) is 10.1 Å². The van der Waals surface area contributed by atoms with E-state index in [0.717, 1.165) is 16.8 Å². The third-order valence-electron chi connectivity index (χ3n) is 4.76. The molecular formula is C22H19FN2O. The van der Waals surface area contributed by atoms with Gasteiger partial charge in [0.25, 0.3) is 5.91 Å². The minimum Gasteiger partial charge on any atom is -0.272 e. The normalized spacial score (nSPS) is 16.2. The van der Waals surface area contributed by atoms with E-state index in [9.17, 15) is 9.18 Å². The number of hydrogen-bond acceptors (Lipinski definition) is 2. The molecule has 1 aliphatic rings. The molecule has 1 heterocycles. The zero-order chi connectivity index (χ0) is 18.1. The predicted octanol–water partition coefficient (Wildman–Crippen LogP) is 4.35. The zero-order valence-electron chi connectivity index (χ0n) is 14.5. The summed E-state index contributed by atoms with van der Waals surface area (Å²) in [5.74, 6) is -0.620. The summed E-state index contributed by atoms with van der Waals surface area (Å²) in [6.45, 7) is 0.314. The van der Waals surface area contributed by atoms with Gasteiger partial charge in [0.2, 0.25) is 0 Å². The highest BCUT2D eigenvalue weighted by atomic mass is 19.1. The number of benzene rings is 3. The molecule has 3 nitrogen and oxygen atoms in total. The summed E-state index contributed by atoms with van der Waals surface area (Å²) in [6, 6.07) is 24.2. The van der Waals surface area contributed by atoms with Crippen LogP contribution in [-0.2, 0) is 11.3 Å². The Bertz CT molecular complexity index is 942. The maximum absolute atomic E-state index is 14.0. The minimum absolute atomic E-state index is 0.0174. The van der Waals surface area contributed by atoms with Gasteiger partial charge in [-0.05, 0) is 23.3 Å². The molecule has 3 aromatic rings. The zero-order valence-corrected chi connectivity index (χ0v) is 14.5. The topological polar surface area (TPSA) is 23.6 Å². The quantitative estimate of drug-likeness (QED) is 0.701. The van der Waals surface area contributed by atoms with Crippen LogP contribution in [0.2, 0.25) is 0 Å². The Morgan fingerprint density at radius 3 is 2.35 bits per heavy atom. The number of nitrogens with zero attached hydrogens (tertiary/aromatic N) is 2. The Morgan fingerprint density at radius 2 is 1.58 bits per heavy atom. The Labute approximate surface area is 152 Å². The summed E-state index contributed by atoms with van der Waals surface area (Å²) in [5, 5.41) is 3.45. The van der Waals surface area contributed by atoms with Gasteiger partial charge in [-0.15, -0.1) is 0 Å².